The molecule has 2 aromatic rings. The molecule has 4 nitrogen and oxygen atoms in total. The number of benzene rings is 2. The summed E-state index contributed by atoms with van der Waals surface area (Å²) in [5.74, 6) is 1.13. The molecule has 0 saturated heterocycles. The summed E-state index contributed by atoms with van der Waals surface area (Å²) in [5, 5.41) is 12.5. The van der Waals surface area contributed by atoms with Crippen LogP contribution in [0.25, 0.3) is 0 Å². The Morgan fingerprint density at radius 1 is 1.10 bits per heavy atom. The molecule has 21 heavy (non-hydrogen) atoms. The first kappa shape index (κ1) is 15.5. The van der Waals surface area contributed by atoms with E-state index in [4.69, 9.17) is 37.9 Å². The summed E-state index contributed by atoms with van der Waals surface area (Å²) in [5.41, 5.74) is 1.58. The second kappa shape index (κ2) is 7.20. The molecule has 0 fully saturated rings. The Labute approximate surface area is 132 Å². The average molecular weight is 326 g/mol. The van der Waals surface area contributed by atoms with Crippen molar-refractivity contribution in [3.05, 3.63) is 57.6 Å². The molecule has 6 heteroatoms. The molecule has 0 radical (unpaired) electrons. The van der Waals surface area contributed by atoms with E-state index in [9.17, 15) is 0 Å². The van der Waals surface area contributed by atoms with Gasteiger partial charge >= 0.3 is 0 Å². The van der Waals surface area contributed by atoms with Crippen molar-refractivity contribution in [2.24, 2.45) is 5.16 Å². The highest BCUT2D eigenvalue weighted by Gasteiger charge is 2.07. The Kier molecular flexibility index (Phi) is 5.31. The zero-order chi connectivity index (χ0) is 15.2. The van der Waals surface area contributed by atoms with Crippen molar-refractivity contribution in [1.29, 1.82) is 0 Å². The van der Waals surface area contributed by atoms with E-state index in [0.717, 1.165) is 5.56 Å². The van der Waals surface area contributed by atoms with Crippen LogP contribution in [0, 0.1) is 0 Å². The smallest absolute Gasteiger partial charge is 0.162 e. The van der Waals surface area contributed by atoms with Gasteiger partial charge in [0.2, 0.25) is 0 Å². The summed E-state index contributed by atoms with van der Waals surface area (Å²) in [7, 11) is 1.56. The molecule has 0 saturated carbocycles. The molecule has 0 atom stereocenters. The van der Waals surface area contributed by atoms with Gasteiger partial charge < -0.3 is 14.7 Å². The average Bonchev–Trinajstić information content (AvgIpc) is 2.49. The lowest BCUT2D eigenvalue weighted by molar-refractivity contribution is 0.284. The number of halogens is 2. The van der Waals surface area contributed by atoms with E-state index in [2.05, 4.69) is 5.16 Å². The van der Waals surface area contributed by atoms with E-state index >= 15 is 0 Å². The standard InChI is InChI=1S/C15H13Cl2NO3/c1-20-14-5-3-10(8-18-19)7-15(14)21-9-11-2-4-12(16)13(17)6-11/h2-8,19H,9H2,1H3/b18-8+. The highest BCUT2D eigenvalue weighted by atomic mass is 35.5. The second-order valence-electron chi connectivity index (χ2n) is 4.19. The summed E-state index contributed by atoms with van der Waals surface area (Å²) in [4.78, 5) is 0. The Hall–Kier alpha value is -1.91. The van der Waals surface area contributed by atoms with Crippen molar-refractivity contribution < 1.29 is 14.7 Å². The molecule has 110 valence electrons. The molecule has 0 aromatic heterocycles. The van der Waals surface area contributed by atoms with Crippen LogP contribution in [0.15, 0.2) is 41.6 Å². The van der Waals surface area contributed by atoms with Crippen molar-refractivity contribution in [1.82, 2.24) is 0 Å². The third kappa shape index (κ3) is 4.03. The molecule has 0 bridgehead atoms. The molecular formula is C15H13Cl2NO3. The normalized spacial score (nSPS) is 10.8. The fraction of sp³-hybridized carbons (Fsp3) is 0.133. The van der Waals surface area contributed by atoms with Gasteiger partial charge in [-0.3, -0.25) is 0 Å². The molecular weight excluding hydrogens is 313 g/mol. The second-order valence-corrected chi connectivity index (χ2v) is 5.01. The number of nitrogens with zero attached hydrogens (tertiary/aromatic N) is 1. The van der Waals surface area contributed by atoms with Crippen molar-refractivity contribution in [2.75, 3.05) is 7.11 Å². The Morgan fingerprint density at radius 3 is 2.57 bits per heavy atom. The van der Waals surface area contributed by atoms with Crippen molar-refractivity contribution in [2.45, 2.75) is 6.61 Å². The minimum atomic E-state index is 0.312. The largest absolute Gasteiger partial charge is 0.493 e. The van der Waals surface area contributed by atoms with Crippen LogP contribution in [-0.2, 0) is 6.61 Å². The number of hydrogen-bond acceptors (Lipinski definition) is 4. The Bertz CT molecular complexity index is 659. The van der Waals surface area contributed by atoms with Gasteiger partial charge in [-0.05, 0) is 35.9 Å². The van der Waals surface area contributed by atoms with E-state index in [-0.39, 0.29) is 0 Å². The summed E-state index contributed by atoms with van der Waals surface area (Å²) >= 11 is 11.8. The maximum Gasteiger partial charge on any atom is 0.162 e. The van der Waals surface area contributed by atoms with E-state index in [1.54, 1.807) is 37.4 Å². The molecule has 2 aromatic carbocycles. The first-order chi connectivity index (χ1) is 10.1. The van der Waals surface area contributed by atoms with Crippen LogP contribution in [0.3, 0.4) is 0 Å². The van der Waals surface area contributed by atoms with Gasteiger partial charge in [-0.15, -0.1) is 0 Å². The lowest BCUT2D eigenvalue weighted by Crippen LogP contribution is -1.98. The Morgan fingerprint density at radius 2 is 1.90 bits per heavy atom. The summed E-state index contributed by atoms with van der Waals surface area (Å²) < 4.78 is 11.0. The third-order valence-corrected chi connectivity index (χ3v) is 3.51. The highest BCUT2D eigenvalue weighted by Crippen LogP contribution is 2.29. The lowest BCUT2D eigenvalue weighted by Gasteiger charge is -2.11. The van der Waals surface area contributed by atoms with Gasteiger partial charge in [0.15, 0.2) is 11.5 Å². The van der Waals surface area contributed by atoms with Crippen LogP contribution in [0.1, 0.15) is 11.1 Å². The molecule has 0 unspecified atom stereocenters. The van der Waals surface area contributed by atoms with Gasteiger partial charge in [0, 0.05) is 5.56 Å². The van der Waals surface area contributed by atoms with Crippen LogP contribution in [0.4, 0.5) is 0 Å². The van der Waals surface area contributed by atoms with Crippen molar-refractivity contribution in [3.63, 3.8) is 0 Å². The van der Waals surface area contributed by atoms with E-state index in [0.29, 0.717) is 33.7 Å². The quantitative estimate of drug-likeness (QED) is 0.504. The minimum absolute atomic E-state index is 0.312. The van der Waals surface area contributed by atoms with E-state index < -0.39 is 0 Å². The van der Waals surface area contributed by atoms with Crippen LogP contribution < -0.4 is 9.47 Å². The van der Waals surface area contributed by atoms with Crippen LogP contribution in [0.2, 0.25) is 10.0 Å². The van der Waals surface area contributed by atoms with Gasteiger partial charge in [-0.1, -0.05) is 34.4 Å². The van der Waals surface area contributed by atoms with E-state index in [1.807, 2.05) is 6.07 Å². The predicted octanol–water partition coefficient (Wildman–Crippen LogP) is 4.39. The first-order valence-corrected chi connectivity index (χ1v) is 6.82. The summed E-state index contributed by atoms with van der Waals surface area (Å²) in [6, 6.07) is 10.5. The van der Waals surface area contributed by atoms with Crippen LogP contribution in [0.5, 0.6) is 11.5 Å². The molecule has 0 spiro atoms. The summed E-state index contributed by atoms with van der Waals surface area (Å²) in [6.07, 6.45) is 1.31. The number of ether oxygens (including phenoxy) is 2. The molecule has 0 aliphatic rings. The SMILES string of the molecule is COc1ccc(/C=N/O)cc1OCc1ccc(Cl)c(Cl)c1. The molecule has 2 rings (SSSR count). The molecule has 0 aliphatic carbocycles. The predicted molar refractivity (Wildman–Crippen MR) is 83.2 cm³/mol. The van der Waals surface area contributed by atoms with Crippen LogP contribution in [-0.4, -0.2) is 18.5 Å². The fourth-order valence-corrected chi connectivity index (χ4v) is 2.06. The van der Waals surface area contributed by atoms with E-state index in [1.165, 1.54) is 6.21 Å². The van der Waals surface area contributed by atoms with Crippen LogP contribution >= 0.6 is 23.2 Å². The monoisotopic (exact) mass is 325 g/mol. The molecule has 0 heterocycles. The van der Waals surface area contributed by atoms with Crippen molar-refractivity contribution in [3.8, 4) is 11.5 Å². The first-order valence-electron chi connectivity index (χ1n) is 6.06. The van der Waals surface area contributed by atoms with Gasteiger partial charge in [0.1, 0.15) is 6.61 Å². The Balaban J connectivity index is 2.17. The zero-order valence-electron chi connectivity index (χ0n) is 11.2. The van der Waals surface area contributed by atoms with Gasteiger partial charge in [-0.2, -0.15) is 0 Å². The lowest BCUT2D eigenvalue weighted by atomic mass is 10.2. The highest BCUT2D eigenvalue weighted by molar-refractivity contribution is 6.42. The maximum atomic E-state index is 8.57. The number of oxime groups is 1. The molecule has 1 N–H and O–H groups in total. The minimum Gasteiger partial charge on any atom is -0.493 e. The van der Waals surface area contributed by atoms with Crippen molar-refractivity contribution >= 4 is 29.4 Å². The molecule has 0 aliphatic heterocycles. The van der Waals surface area contributed by atoms with Gasteiger partial charge in [0.05, 0.1) is 23.4 Å². The van der Waals surface area contributed by atoms with Gasteiger partial charge in [0.25, 0.3) is 0 Å². The molecule has 0 amide bonds. The summed E-state index contributed by atoms with van der Waals surface area (Å²) in [6.45, 7) is 0.312. The zero-order valence-corrected chi connectivity index (χ0v) is 12.7. The number of rotatable bonds is 5. The number of hydrogen-bond donors (Lipinski definition) is 1. The maximum absolute atomic E-state index is 8.57. The topological polar surface area (TPSA) is 51.0 Å². The fourth-order valence-electron chi connectivity index (χ4n) is 1.74. The van der Waals surface area contributed by atoms with Gasteiger partial charge in [-0.25, -0.2) is 0 Å². The third-order valence-electron chi connectivity index (χ3n) is 2.77. The number of methoxy groups -OCH3 is 1.